The van der Waals surface area contributed by atoms with E-state index < -0.39 is 0 Å². The van der Waals surface area contributed by atoms with Crippen LogP contribution in [0.25, 0.3) is 11.1 Å². The molecular formula is C11H10BrNS. The number of thiophene rings is 1. The second-order valence-electron chi connectivity index (χ2n) is 3.21. The van der Waals surface area contributed by atoms with Crippen LogP contribution in [0.5, 0.6) is 0 Å². The maximum atomic E-state index is 5.77. The Balaban J connectivity index is 2.62. The van der Waals surface area contributed by atoms with E-state index in [9.17, 15) is 0 Å². The van der Waals surface area contributed by atoms with Gasteiger partial charge in [0.05, 0.1) is 0 Å². The molecule has 14 heavy (non-hydrogen) atoms. The van der Waals surface area contributed by atoms with Gasteiger partial charge in [-0.3, -0.25) is 0 Å². The minimum atomic E-state index is 0.809. The molecule has 0 saturated carbocycles. The summed E-state index contributed by atoms with van der Waals surface area (Å²) in [5, 5.41) is 4.21. The fraction of sp³-hybridized carbons (Fsp3) is 0.0909. The van der Waals surface area contributed by atoms with Gasteiger partial charge in [-0.1, -0.05) is 6.07 Å². The second-order valence-corrected chi connectivity index (χ2v) is 4.81. The molecule has 0 bridgehead atoms. The predicted molar refractivity (Wildman–Crippen MR) is 66.6 cm³/mol. The van der Waals surface area contributed by atoms with Crippen LogP contribution < -0.4 is 5.73 Å². The third-order valence-corrected chi connectivity index (χ3v) is 3.87. The average molecular weight is 268 g/mol. The van der Waals surface area contributed by atoms with Gasteiger partial charge in [0.15, 0.2) is 0 Å². The molecule has 2 N–H and O–H groups in total. The zero-order valence-electron chi connectivity index (χ0n) is 7.75. The Hall–Kier alpha value is -0.800. The van der Waals surface area contributed by atoms with E-state index in [0.29, 0.717) is 0 Å². The molecule has 1 aromatic carbocycles. The van der Waals surface area contributed by atoms with Crippen molar-refractivity contribution in [2.45, 2.75) is 6.92 Å². The van der Waals surface area contributed by atoms with E-state index in [-0.39, 0.29) is 0 Å². The molecule has 1 aromatic heterocycles. The van der Waals surface area contributed by atoms with Crippen molar-refractivity contribution >= 4 is 33.0 Å². The third kappa shape index (κ3) is 1.70. The number of benzene rings is 1. The molecule has 2 rings (SSSR count). The maximum absolute atomic E-state index is 5.77. The first-order chi connectivity index (χ1) is 6.68. The summed E-state index contributed by atoms with van der Waals surface area (Å²) in [5.41, 5.74) is 10.3. The van der Waals surface area contributed by atoms with Gasteiger partial charge in [0.2, 0.25) is 0 Å². The van der Waals surface area contributed by atoms with Crippen LogP contribution in [-0.4, -0.2) is 0 Å². The van der Waals surface area contributed by atoms with Crippen molar-refractivity contribution in [2.75, 3.05) is 5.73 Å². The average Bonchev–Trinajstić information content (AvgIpc) is 2.56. The Morgan fingerprint density at radius 2 is 2.00 bits per heavy atom. The van der Waals surface area contributed by atoms with Crippen LogP contribution in [0.3, 0.4) is 0 Å². The first-order valence-corrected chi connectivity index (χ1v) is 6.00. The van der Waals surface area contributed by atoms with Crippen LogP contribution in [0, 0.1) is 6.92 Å². The third-order valence-electron chi connectivity index (χ3n) is 2.17. The summed E-state index contributed by atoms with van der Waals surface area (Å²) >= 11 is 5.22. The second kappa shape index (κ2) is 3.75. The van der Waals surface area contributed by atoms with E-state index >= 15 is 0 Å². The zero-order chi connectivity index (χ0) is 10.1. The van der Waals surface area contributed by atoms with Crippen LogP contribution in [0.15, 0.2) is 33.4 Å². The van der Waals surface area contributed by atoms with Crippen molar-refractivity contribution < 1.29 is 0 Å². The summed E-state index contributed by atoms with van der Waals surface area (Å²) in [6, 6.07) is 6.00. The number of nitrogens with two attached hydrogens (primary N) is 1. The maximum Gasteiger partial charge on any atom is 0.0360 e. The molecular weight excluding hydrogens is 258 g/mol. The van der Waals surface area contributed by atoms with Crippen molar-refractivity contribution in [3.8, 4) is 11.1 Å². The summed E-state index contributed by atoms with van der Waals surface area (Å²) in [7, 11) is 0. The Morgan fingerprint density at radius 1 is 1.21 bits per heavy atom. The van der Waals surface area contributed by atoms with Gasteiger partial charge in [-0.15, -0.1) is 0 Å². The van der Waals surface area contributed by atoms with Gasteiger partial charge in [-0.2, -0.15) is 11.3 Å². The van der Waals surface area contributed by atoms with Crippen LogP contribution in [0.1, 0.15) is 5.56 Å². The van der Waals surface area contributed by atoms with Crippen LogP contribution in [-0.2, 0) is 0 Å². The molecule has 0 atom stereocenters. The number of hydrogen-bond donors (Lipinski definition) is 1. The largest absolute Gasteiger partial charge is 0.399 e. The quantitative estimate of drug-likeness (QED) is 0.775. The molecule has 0 aliphatic carbocycles. The molecule has 0 fully saturated rings. The van der Waals surface area contributed by atoms with Crippen molar-refractivity contribution in [2.24, 2.45) is 0 Å². The predicted octanol–water partition coefficient (Wildman–Crippen LogP) is 4.07. The van der Waals surface area contributed by atoms with Gasteiger partial charge >= 0.3 is 0 Å². The number of rotatable bonds is 1. The summed E-state index contributed by atoms with van der Waals surface area (Å²) in [4.78, 5) is 0. The fourth-order valence-corrected chi connectivity index (χ4v) is 2.91. The molecule has 0 radical (unpaired) electrons. The molecule has 0 aliphatic heterocycles. The minimum absolute atomic E-state index is 0.809. The number of nitrogen functional groups attached to an aromatic ring is 1. The number of anilines is 1. The SMILES string of the molecule is Cc1ccc(N)cc1-c1cscc1Br. The fourth-order valence-electron chi connectivity index (χ4n) is 1.40. The summed E-state index contributed by atoms with van der Waals surface area (Å²) in [6.07, 6.45) is 0. The van der Waals surface area contributed by atoms with Gasteiger partial charge in [-0.05, 0) is 51.5 Å². The Kier molecular flexibility index (Phi) is 2.61. The minimum Gasteiger partial charge on any atom is -0.399 e. The highest BCUT2D eigenvalue weighted by Gasteiger charge is 2.06. The van der Waals surface area contributed by atoms with Crippen molar-refractivity contribution in [3.05, 3.63) is 39.0 Å². The Bertz CT molecular complexity index is 462. The molecule has 0 amide bonds. The summed E-state index contributed by atoms with van der Waals surface area (Å²) < 4.78 is 1.14. The molecule has 0 spiro atoms. The molecule has 2 aromatic rings. The highest BCUT2D eigenvalue weighted by molar-refractivity contribution is 9.10. The lowest BCUT2D eigenvalue weighted by Crippen LogP contribution is -1.88. The first kappa shape index (κ1) is 9.74. The molecule has 0 unspecified atom stereocenters. The molecule has 72 valence electrons. The molecule has 3 heteroatoms. The van der Waals surface area contributed by atoms with Gasteiger partial charge in [0.1, 0.15) is 0 Å². The van der Waals surface area contributed by atoms with Gasteiger partial charge < -0.3 is 5.73 Å². The van der Waals surface area contributed by atoms with Crippen molar-refractivity contribution in [3.63, 3.8) is 0 Å². The topological polar surface area (TPSA) is 26.0 Å². The standard InChI is InChI=1S/C11H10BrNS/c1-7-2-3-8(13)4-9(7)10-5-14-6-11(10)12/h2-6H,13H2,1H3. The van der Waals surface area contributed by atoms with E-state index in [4.69, 9.17) is 5.73 Å². The first-order valence-electron chi connectivity index (χ1n) is 4.26. The normalized spacial score (nSPS) is 10.4. The highest BCUT2D eigenvalue weighted by atomic mass is 79.9. The summed E-state index contributed by atoms with van der Waals surface area (Å²) in [6.45, 7) is 2.10. The lowest BCUT2D eigenvalue weighted by Gasteiger charge is -2.05. The highest BCUT2D eigenvalue weighted by Crippen LogP contribution is 2.34. The smallest absolute Gasteiger partial charge is 0.0360 e. The van der Waals surface area contributed by atoms with Crippen LogP contribution in [0.4, 0.5) is 5.69 Å². The number of halogens is 1. The molecule has 0 saturated heterocycles. The van der Waals surface area contributed by atoms with E-state index in [1.165, 1.54) is 16.7 Å². The van der Waals surface area contributed by atoms with E-state index in [2.05, 4.69) is 39.7 Å². The van der Waals surface area contributed by atoms with Gasteiger partial charge in [-0.25, -0.2) is 0 Å². The van der Waals surface area contributed by atoms with Gasteiger partial charge in [0.25, 0.3) is 0 Å². The molecule has 1 heterocycles. The lowest BCUT2D eigenvalue weighted by atomic mass is 10.0. The van der Waals surface area contributed by atoms with E-state index in [1.807, 2.05) is 12.1 Å². The molecule has 0 aliphatic rings. The lowest BCUT2D eigenvalue weighted by molar-refractivity contribution is 1.46. The van der Waals surface area contributed by atoms with Crippen molar-refractivity contribution in [1.82, 2.24) is 0 Å². The number of hydrogen-bond acceptors (Lipinski definition) is 2. The number of aryl methyl sites for hydroxylation is 1. The monoisotopic (exact) mass is 267 g/mol. The van der Waals surface area contributed by atoms with E-state index in [0.717, 1.165) is 10.2 Å². The Morgan fingerprint density at radius 3 is 2.64 bits per heavy atom. The molecule has 1 nitrogen and oxygen atoms in total. The van der Waals surface area contributed by atoms with Crippen LogP contribution >= 0.6 is 27.3 Å². The van der Waals surface area contributed by atoms with Gasteiger partial charge in [0, 0.05) is 21.1 Å². The van der Waals surface area contributed by atoms with Crippen LogP contribution in [0.2, 0.25) is 0 Å². The van der Waals surface area contributed by atoms with E-state index in [1.54, 1.807) is 11.3 Å². The Labute approximate surface area is 95.7 Å². The zero-order valence-corrected chi connectivity index (χ0v) is 10.2. The van der Waals surface area contributed by atoms with Crippen molar-refractivity contribution in [1.29, 1.82) is 0 Å². The summed E-state index contributed by atoms with van der Waals surface area (Å²) in [5.74, 6) is 0.